The van der Waals surface area contributed by atoms with Gasteiger partial charge in [-0.2, -0.15) is 11.8 Å². The quantitative estimate of drug-likeness (QED) is 0.0417. The van der Waals surface area contributed by atoms with Gasteiger partial charge in [-0.1, -0.05) is 12.5 Å². The predicted octanol–water partition coefficient (Wildman–Crippen LogP) is 2.21. The third-order valence-corrected chi connectivity index (χ3v) is 12.5. The molecule has 0 bridgehead atoms. The molecule has 0 radical (unpaired) electrons. The van der Waals surface area contributed by atoms with Gasteiger partial charge in [0, 0.05) is 47.5 Å². The molecule has 0 saturated carbocycles. The number of carbonyl (C=O) groups is 7. The second-order valence-electron chi connectivity index (χ2n) is 14.7. The fourth-order valence-corrected chi connectivity index (χ4v) is 9.33. The minimum absolute atomic E-state index is 0.0202. The van der Waals surface area contributed by atoms with Crippen LogP contribution in [-0.4, -0.2) is 110 Å². The molecule has 0 aliphatic carbocycles. The number of halogens is 1. The molecule has 17 nitrogen and oxygen atoms in total. The van der Waals surface area contributed by atoms with Crippen molar-refractivity contribution in [2.45, 2.75) is 80.4 Å². The SMILES string of the molecule is CNC(CN1Cc2ccc(OC)cc2C1=O)(C(=O)NC=O)c1cc2cc(C(=O)NCCCCC(NC(=O)CCCCC3SCC4NC(=O)NC43)C(=O)OC)c(F)cc2o1. The number of likely N-dealkylation sites (N-methyl/N-ethyl adjacent to an activating group) is 1. The normalized spacial score (nSPS) is 19.5. The number of hydrogen-bond acceptors (Lipinski definition) is 12. The first kappa shape index (κ1) is 42.9. The number of hydrogen-bond donors (Lipinski definition) is 6. The molecule has 2 fully saturated rings. The highest BCUT2D eigenvalue weighted by molar-refractivity contribution is 8.00. The Morgan fingerprint density at radius 2 is 1.90 bits per heavy atom. The number of nitrogens with zero attached hydrogens (tertiary/aromatic N) is 1. The van der Waals surface area contributed by atoms with Gasteiger partial charge < -0.3 is 40.1 Å². The number of urea groups is 1. The highest BCUT2D eigenvalue weighted by Gasteiger charge is 2.46. The molecule has 3 aromatic rings. The lowest BCUT2D eigenvalue weighted by Crippen LogP contribution is -2.58. The first-order chi connectivity index (χ1) is 28.4. The lowest BCUT2D eigenvalue weighted by atomic mass is 9.93. The van der Waals surface area contributed by atoms with E-state index in [0.29, 0.717) is 41.4 Å². The largest absolute Gasteiger partial charge is 0.497 e. The summed E-state index contributed by atoms with van der Waals surface area (Å²) in [5.74, 6) is -2.33. The van der Waals surface area contributed by atoms with Gasteiger partial charge in [-0.3, -0.25) is 34.6 Å². The Morgan fingerprint density at radius 1 is 1.08 bits per heavy atom. The van der Waals surface area contributed by atoms with Gasteiger partial charge in [-0.25, -0.2) is 14.0 Å². The van der Waals surface area contributed by atoms with Gasteiger partial charge in [0.2, 0.25) is 12.3 Å². The lowest BCUT2D eigenvalue weighted by molar-refractivity contribution is -0.145. The van der Waals surface area contributed by atoms with Crippen molar-refractivity contribution in [3.8, 4) is 5.75 Å². The van der Waals surface area contributed by atoms with Gasteiger partial charge in [0.05, 0.1) is 38.4 Å². The lowest BCUT2D eigenvalue weighted by Gasteiger charge is -2.33. The maximum absolute atomic E-state index is 15.4. The van der Waals surface area contributed by atoms with Crippen LogP contribution < -0.4 is 36.6 Å². The van der Waals surface area contributed by atoms with E-state index >= 15 is 4.39 Å². The zero-order chi connectivity index (χ0) is 42.3. The molecule has 5 atom stereocenters. The summed E-state index contributed by atoms with van der Waals surface area (Å²) in [7, 11) is 4.18. The molecule has 5 unspecified atom stereocenters. The number of benzene rings is 2. The summed E-state index contributed by atoms with van der Waals surface area (Å²) < 4.78 is 31.5. The minimum Gasteiger partial charge on any atom is -0.497 e. The number of ether oxygens (including phenoxy) is 2. The van der Waals surface area contributed by atoms with Crippen molar-refractivity contribution in [1.82, 2.24) is 36.8 Å². The van der Waals surface area contributed by atoms with E-state index < -0.39 is 35.2 Å². The predicted molar refractivity (Wildman–Crippen MR) is 213 cm³/mol. The van der Waals surface area contributed by atoms with Gasteiger partial charge in [-0.05, 0) is 69.0 Å². The van der Waals surface area contributed by atoms with Gasteiger partial charge in [0.1, 0.15) is 29.0 Å². The van der Waals surface area contributed by atoms with E-state index in [-0.39, 0.29) is 91.1 Å². The van der Waals surface area contributed by atoms with Crippen molar-refractivity contribution in [2.24, 2.45) is 0 Å². The number of amides is 7. The van der Waals surface area contributed by atoms with Crippen molar-refractivity contribution in [1.29, 1.82) is 0 Å². The maximum Gasteiger partial charge on any atom is 0.328 e. The fraction of sp³-hybridized carbons (Fsp3) is 0.475. The number of thioether (sulfide) groups is 1. The number of unbranched alkanes of at least 4 members (excludes halogenated alkanes) is 2. The number of esters is 1. The van der Waals surface area contributed by atoms with Crippen molar-refractivity contribution in [2.75, 3.05) is 40.1 Å². The van der Waals surface area contributed by atoms with Crippen LogP contribution in [0.2, 0.25) is 0 Å². The summed E-state index contributed by atoms with van der Waals surface area (Å²) in [6.45, 7) is 0.0335. The molecule has 6 N–H and O–H groups in total. The summed E-state index contributed by atoms with van der Waals surface area (Å²) in [6, 6.07) is 8.06. The Bertz CT molecular complexity index is 2120. The molecule has 6 rings (SSSR count). The molecule has 0 spiro atoms. The Kier molecular flexibility index (Phi) is 13.8. The summed E-state index contributed by atoms with van der Waals surface area (Å²) >= 11 is 1.81. The first-order valence-electron chi connectivity index (χ1n) is 19.4. The van der Waals surface area contributed by atoms with Crippen LogP contribution in [0, 0.1) is 5.82 Å². The summed E-state index contributed by atoms with van der Waals surface area (Å²) in [4.78, 5) is 89.7. The third kappa shape index (κ3) is 9.46. The van der Waals surface area contributed by atoms with Crippen LogP contribution in [0.5, 0.6) is 5.75 Å². The zero-order valence-corrected chi connectivity index (χ0v) is 33.8. The highest BCUT2D eigenvalue weighted by atomic mass is 32.2. The topological polar surface area (TPSA) is 227 Å². The Balaban J connectivity index is 1.02. The van der Waals surface area contributed by atoms with Crippen LogP contribution in [0.15, 0.2) is 40.8 Å². The molecule has 1 aromatic heterocycles. The van der Waals surface area contributed by atoms with Crippen molar-refractivity contribution < 1.29 is 51.8 Å². The van der Waals surface area contributed by atoms with Crippen molar-refractivity contribution in [3.05, 3.63) is 64.7 Å². The van der Waals surface area contributed by atoms with Gasteiger partial charge in [0.25, 0.3) is 17.7 Å². The number of furan rings is 1. The molecule has 19 heteroatoms. The van der Waals surface area contributed by atoms with E-state index in [4.69, 9.17) is 13.9 Å². The molecule has 3 aliphatic rings. The van der Waals surface area contributed by atoms with Crippen LogP contribution in [0.1, 0.15) is 77.0 Å². The van der Waals surface area contributed by atoms with E-state index in [2.05, 4.69) is 31.9 Å². The second kappa shape index (κ2) is 18.9. The van der Waals surface area contributed by atoms with E-state index in [1.54, 1.807) is 18.2 Å². The standard InChI is InChI=1S/C40H48FN7O10S/c1-42-40(38(54)44-21-49,20-48-18-22-11-12-24(56-2)16-25(22)36(48)52)32-15-23-14-26(27(41)17-30(23)58-32)35(51)43-13-7-6-8-28(37(53)57-3)45-33(50)10-5-4-9-31-34-29(19-59-31)46-39(55)47-34/h11-12,14-17,21,28-29,31,34,42H,4-10,13,18-20H2,1-3H3,(H,43,51)(H,45,50)(H,44,49,54)(H2,46,47,55). The third-order valence-electron chi connectivity index (χ3n) is 11.0. The fourth-order valence-electron chi connectivity index (χ4n) is 7.78. The maximum atomic E-state index is 15.4. The van der Waals surface area contributed by atoms with Crippen LogP contribution >= 0.6 is 11.8 Å². The van der Waals surface area contributed by atoms with Crippen molar-refractivity contribution in [3.63, 3.8) is 0 Å². The summed E-state index contributed by atoms with van der Waals surface area (Å²) in [6.07, 6.45) is 3.83. The van der Waals surface area contributed by atoms with E-state index in [1.165, 1.54) is 38.3 Å². The van der Waals surface area contributed by atoms with Crippen LogP contribution in [0.25, 0.3) is 11.0 Å². The van der Waals surface area contributed by atoms with E-state index in [9.17, 15) is 33.6 Å². The number of nitrogens with one attached hydrogen (secondary N) is 6. The number of carbonyl (C=O) groups excluding carboxylic acids is 7. The monoisotopic (exact) mass is 837 g/mol. The van der Waals surface area contributed by atoms with Gasteiger partial charge >= 0.3 is 12.0 Å². The van der Waals surface area contributed by atoms with Crippen molar-refractivity contribution >= 4 is 64.8 Å². The molecular formula is C40H48FN7O10S. The number of methoxy groups -OCH3 is 2. The van der Waals surface area contributed by atoms with Gasteiger partial charge in [-0.15, -0.1) is 0 Å². The number of rotatable bonds is 20. The highest BCUT2D eigenvalue weighted by Crippen LogP contribution is 2.35. The molecule has 316 valence electrons. The zero-order valence-electron chi connectivity index (χ0n) is 32.9. The molecular weight excluding hydrogens is 790 g/mol. The average Bonchev–Trinajstić information content (AvgIpc) is 3.99. The molecule has 7 amide bonds. The smallest absolute Gasteiger partial charge is 0.328 e. The van der Waals surface area contributed by atoms with Gasteiger partial charge in [0.15, 0.2) is 5.54 Å². The number of imide groups is 1. The summed E-state index contributed by atoms with van der Waals surface area (Å²) in [5.41, 5.74) is -0.948. The second-order valence-corrected chi connectivity index (χ2v) is 15.9. The molecule has 2 saturated heterocycles. The van der Waals surface area contributed by atoms with Crippen LogP contribution in [-0.2, 0) is 36.0 Å². The summed E-state index contributed by atoms with van der Waals surface area (Å²) in [5, 5.41) is 16.9. The Labute approximate surface area is 343 Å². The average molecular weight is 838 g/mol. The van der Waals surface area contributed by atoms with Crippen LogP contribution in [0.4, 0.5) is 9.18 Å². The molecule has 2 aromatic carbocycles. The first-order valence-corrected chi connectivity index (χ1v) is 20.4. The molecule has 59 heavy (non-hydrogen) atoms. The number of fused-ring (bicyclic) bond motifs is 3. The molecule has 3 aliphatic heterocycles. The molecule has 4 heterocycles. The minimum atomic E-state index is -1.80. The van der Waals surface area contributed by atoms with E-state index in [1.807, 2.05) is 11.8 Å². The van der Waals surface area contributed by atoms with E-state index in [0.717, 1.165) is 24.7 Å². The Hall–Kier alpha value is -5.69. The van der Waals surface area contributed by atoms with Crippen LogP contribution in [0.3, 0.4) is 0 Å². The Morgan fingerprint density at radius 3 is 2.64 bits per heavy atom.